The molecule has 34 heavy (non-hydrogen) atoms. The summed E-state index contributed by atoms with van der Waals surface area (Å²) in [5.74, 6) is -5.44. The Morgan fingerprint density at radius 1 is 1.24 bits per heavy atom. The topological polar surface area (TPSA) is 171 Å². The number of Topliss-reactive ketones (excluding diaryl/α,β-unsaturated/α-hetero) is 2. The van der Waals surface area contributed by atoms with Crippen molar-refractivity contribution in [3.63, 3.8) is 0 Å². The van der Waals surface area contributed by atoms with Crippen molar-refractivity contribution < 1.29 is 34.8 Å². The number of aromatic hydroxyl groups is 1. The highest BCUT2D eigenvalue weighted by molar-refractivity contribution is 6.23. The van der Waals surface area contributed by atoms with Gasteiger partial charge in [-0.2, -0.15) is 0 Å². The number of carbonyl (C=O) groups excluding carboxylic acids is 3. The maximum atomic E-state index is 13.5. The largest absolute Gasteiger partial charge is 0.507 e. The monoisotopic (exact) mass is 466 g/mol. The fourth-order valence-electron chi connectivity index (χ4n) is 5.24. The lowest BCUT2D eigenvalue weighted by Gasteiger charge is -2.43. The number of phenolic OH excluding ortho intramolecular Hbond substituents is 1. The van der Waals surface area contributed by atoms with E-state index in [1.807, 2.05) is 19.1 Å². The molecule has 9 heteroatoms. The summed E-state index contributed by atoms with van der Waals surface area (Å²) >= 11 is 0. The summed E-state index contributed by atoms with van der Waals surface area (Å²) in [7, 11) is 0. The van der Waals surface area contributed by atoms with Gasteiger partial charge in [-0.25, -0.2) is 0 Å². The van der Waals surface area contributed by atoms with Crippen molar-refractivity contribution in [2.75, 3.05) is 6.61 Å². The van der Waals surface area contributed by atoms with Crippen LogP contribution < -0.4 is 5.73 Å². The summed E-state index contributed by atoms with van der Waals surface area (Å²) in [5, 5.41) is 42.5. The Balaban J connectivity index is 1.89. The molecule has 1 aromatic carbocycles. The van der Waals surface area contributed by atoms with Crippen molar-refractivity contribution in [3.05, 3.63) is 52.7 Å². The van der Waals surface area contributed by atoms with E-state index in [0.29, 0.717) is 16.8 Å². The first-order valence-electron chi connectivity index (χ1n) is 11.0. The van der Waals surface area contributed by atoms with E-state index in [1.165, 1.54) is 6.07 Å². The van der Waals surface area contributed by atoms with Crippen LogP contribution in [0.1, 0.15) is 36.0 Å². The minimum Gasteiger partial charge on any atom is -0.507 e. The molecule has 1 saturated carbocycles. The molecule has 4 rings (SSSR count). The van der Waals surface area contributed by atoms with Gasteiger partial charge in [-0.1, -0.05) is 0 Å². The number of aryl methyl sites for hydroxylation is 1. The van der Waals surface area contributed by atoms with E-state index in [4.69, 9.17) is 5.73 Å². The van der Waals surface area contributed by atoms with Gasteiger partial charge in [0.2, 0.25) is 11.7 Å². The van der Waals surface area contributed by atoms with E-state index in [9.17, 15) is 34.8 Å². The predicted molar refractivity (Wildman–Crippen MR) is 121 cm³/mol. The van der Waals surface area contributed by atoms with Crippen LogP contribution in [0.3, 0.4) is 0 Å². The number of pyridine rings is 1. The molecular formula is C25H26N2O7. The summed E-state index contributed by atoms with van der Waals surface area (Å²) in [5.41, 5.74) is 5.25. The standard InChI is InChI=1S/C25H26N2O7/c1-12-4-6-27-17(8-12)15-2-3-18(29)22-16(15)10-13-9-14(5-7-28)25(34,19(30)11-20(26)31)24(33)21(13)23(22)32/h2-4,6,8,13-14,28-29,32,34H,5,7,9-11H2,1H3,(H2,26,31)/t13-,14-,25-/m1/s1. The molecule has 1 fully saturated rings. The van der Waals surface area contributed by atoms with Crippen LogP contribution >= 0.6 is 0 Å². The molecule has 0 saturated heterocycles. The summed E-state index contributed by atoms with van der Waals surface area (Å²) in [6, 6.07) is 6.79. The van der Waals surface area contributed by atoms with Crippen LogP contribution in [0.4, 0.5) is 0 Å². The first kappa shape index (κ1) is 23.6. The van der Waals surface area contributed by atoms with Gasteiger partial charge < -0.3 is 26.2 Å². The number of benzene rings is 1. The molecule has 1 heterocycles. The fourth-order valence-corrected chi connectivity index (χ4v) is 5.24. The number of aliphatic hydroxyl groups is 3. The number of hydrogen-bond acceptors (Lipinski definition) is 8. The highest BCUT2D eigenvalue weighted by Crippen LogP contribution is 2.50. The lowest BCUT2D eigenvalue weighted by atomic mass is 9.61. The van der Waals surface area contributed by atoms with E-state index in [-0.39, 0.29) is 36.1 Å². The molecule has 1 amide bonds. The predicted octanol–water partition coefficient (Wildman–Crippen LogP) is 1.35. The van der Waals surface area contributed by atoms with E-state index < -0.39 is 53.7 Å². The zero-order valence-corrected chi connectivity index (χ0v) is 18.6. The maximum Gasteiger partial charge on any atom is 0.225 e. The number of nitrogens with zero attached hydrogens (tertiary/aromatic N) is 1. The van der Waals surface area contributed by atoms with Crippen molar-refractivity contribution in [2.24, 2.45) is 17.6 Å². The van der Waals surface area contributed by atoms with Crippen molar-refractivity contribution in [2.45, 2.75) is 38.2 Å². The van der Waals surface area contributed by atoms with E-state index in [2.05, 4.69) is 4.98 Å². The molecule has 0 bridgehead atoms. The van der Waals surface area contributed by atoms with E-state index in [1.54, 1.807) is 12.3 Å². The Bertz CT molecular complexity index is 1240. The quantitative estimate of drug-likeness (QED) is 0.397. The number of aromatic nitrogens is 1. The molecule has 2 aromatic rings. The van der Waals surface area contributed by atoms with Crippen molar-refractivity contribution in [1.82, 2.24) is 4.98 Å². The van der Waals surface area contributed by atoms with Crippen LogP contribution in [0.2, 0.25) is 0 Å². The Hall–Kier alpha value is -3.56. The van der Waals surface area contributed by atoms with Crippen LogP contribution in [0.25, 0.3) is 17.0 Å². The van der Waals surface area contributed by atoms with Crippen LogP contribution in [0.15, 0.2) is 36.0 Å². The van der Waals surface area contributed by atoms with Crippen LogP contribution in [-0.2, 0) is 20.8 Å². The van der Waals surface area contributed by atoms with Gasteiger partial charge in [0, 0.05) is 29.9 Å². The average Bonchev–Trinajstić information content (AvgIpc) is 2.76. The zero-order valence-electron chi connectivity index (χ0n) is 18.6. The van der Waals surface area contributed by atoms with Crippen LogP contribution in [0, 0.1) is 18.8 Å². The molecule has 6 N–H and O–H groups in total. The van der Waals surface area contributed by atoms with Gasteiger partial charge in [0.1, 0.15) is 11.5 Å². The van der Waals surface area contributed by atoms with Gasteiger partial charge in [0.15, 0.2) is 11.4 Å². The average molecular weight is 466 g/mol. The van der Waals surface area contributed by atoms with Gasteiger partial charge in [0.05, 0.1) is 17.7 Å². The Morgan fingerprint density at radius 3 is 2.62 bits per heavy atom. The van der Waals surface area contributed by atoms with E-state index >= 15 is 0 Å². The zero-order chi connectivity index (χ0) is 24.8. The third-order valence-corrected chi connectivity index (χ3v) is 6.82. The van der Waals surface area contributed by atoms with Gasteiger partial charge >= 0.3 is 0 Å². The number of primary amides is 1. The summed E-state index contributed by atoms with van der Waals surface area (Å²) in [6.45, 7) is 1.52. The third kappa shape index (κ3) is 3.66. The van der Waals surface area contributed by atoms with Gasteiger partial charge in [-0.05, 0) is 67.5 Å². The van der Waals surface area contributed by atoms with Crippen molar-refractivity contribution in [1.29, 1.82) is 0 Å². The molecule has 2 aliphatic carbocycles. The Labute approximate surface area is 195 Å². The molecule has 3 atom stereocenters. The fraction of sp³-hybridized carbons (Fsp3) is 0.360. The second-order valence-electron chi connectivity index (χ2n) is 8.97. The smallest absolute Gasteiger partial charge is 0.225 e. The molecule has 1 aromatic heterocycles. The number of rotatable bonds is 6. The second-order valence-corrected chi connectivity index (χ2v) is 8.97. The number of carbonyl (C=O) groups is 3. The Kier molecular flexibility index (Phi) is 6.01. The molecule has 2 aliphatic rings. The molecule has 178 valence electrons. The number of phenols is 1. The Morgan fingerprint density at radius 2 is 1.97 bits per heavy atom. The van der Waals surface area contributed by atoms with Crippen molar-refractivity contribution >= 4 is 23.2 Å². The first-order chi connectivity index (χ1) is 16.1. The molecular weight excluding hydrogens is 440 g/mol. The molecule has 0 unspecified atom stereocenters. The number of nitrogens with two attached hydrogens (primary N) is 1. The number of amides is 1. The van der Waals surface area contributed by atoms with Crippen LogP contribution in [-0.4, -0.2) is 55.1 Å². The minimum absolute atomic E-state index is 0.0470. The summed E-state index contributed by atoms with van der Waals surface area (Å²) in [4.78, 5) is 42.0. The van der Waals surface area contributed by atoms with E-state index in [0.717, 1.165) is 5.56 Å². The van der Waals surface area contributed by atoms with Gasteiger partial charge in [-0.3, -0.25) is 19.4 Å². The minimum atomic E-state index is -2.61. The SMILES string of the molecule is Cc1ccnc(-c2ccc(O)c3c2C[C@H]2C[C@@H](CCO)[C@@](O)(C(=O)CC(N)=O)C(=O)C2=C3O)c1. The number of aliphatic hydroxyl groups excluding tert-OH is 2. The van der Waals surface area contributed by atoms with Gasteiger partial charge in [-0.15, -0.1) is 0 Å². The lowest BCUT2D eigenvalue weighted by molar-refractivity contribution is -0.159. The highest BCUT2D eigenvalue weighted by Gasteiger charge is 2.57. The summed E-state index contributed by atoms with van der Waals surface area (Å²) in [6.07, 6.45) is 1.08. The first-order valence-corrected chi connectivity index (χ1v) is 11.0. The number of ketones is 2. The third-order valence-electron chi connectivity index (χ3n) is 6.82. The second kappa shape index (κ2) is 8.66. The summed E-state index contributed by atoms with van der Waals surface area (Å²) < 4.78 is 0. The number of fused-ring (bicyclic) bond motifs is 2. The lowest BCUT2D eigenvalue weighted by Crippen LogP contribution is -2.59. The molecule has 0 radical (unpaired) electrons. The van der Waals surface area contributed by atoms with Gasteiger partial charge in [0.25, 0.3) is 0 Å². The molecule has 0 spiro atoms. The van der Waals surface area contributed by atoms with Crippen molar-refractivity contribution in [3.8, 4) is 17.0 Å². The van der Waals surface area contributed by atoms with Crippen LogP contribution in [0.5, 0.6) is 5.75 Å². The number of hydrogen-bond donors (Lipinski definition) is 5. The normalized spacial score (nSPS) is 23.9. The molecule has 0 aliphatic heterocycles. The highest BCUT2D eigenvalue weighted by atomic mass is 16.3. The maximum absolute atomic E-state index is 13.5. The molecule has 9 nitrogen and oxygen atoms in total.